The maximum absolute atomic E-state index is 14.5. The minimum atomic E-state index is -0.278. The second-order valence-electron chi connectivity index (χ2n) is 13.6. The molecule has 0 N–H and O–H groups in total. The molecule has 44 heavy (non-hydrogen) atoms. The van der Waals surface area contributed by atoms with Crippen LogP contribution in [0.15, 0.2) is 41.0 Å². The van der Waals surface area contributed by atoms with Gasteiger partial charge in [-0.15, -0.1) is 0 Å². The Kier molecular flexibility index (Phi) is 9.81. The summed E-state index contributed by atoms with van der Waals surface area (Å²) in [6.07, 6.45) is 10.0. The second kappa shape index (κ2) is 13.9. The molecule has 4 saturated carbocycles. The van der Waals surface area contributed by atoms with Crippen LogP contribution in [-0.4, -0.2) is 93.2 Å². The number of hydrogen-bond donors (Lipinski definition) is 0. The van der Waals surface area contributed by atoms with Crippen molar-refractivity contribution in [2.75, 3.05) is 66.7 Å². The highest BCUT2D eigenvalue weighted by Crippen LogP contribution is 2.60. The van der Waals surface area contributed by atoms with Gasteiger partial charge < -0.3 is 28.4 Å². The van der Waals surface area contributed by atoms with Gasteiger partial charge in [-0.05, 0) is 98.9 Å². The van der Waals surface area contributed by atoms with Crippen LogP contribution >= 0.6 is 0 Å². The molecular formula is C35H49N3O6. The van der Waals surface area contributed by atoms with E-state index in [1.165, 1.54) is 19.3 Å². The molecule has 4 aliphatic carbocycles. The van der Waals surface area contributed by atoms with Crippen molar-refractivity contribution in [3.63, 3.8) is 0 Å². The van der Waals surface area contributed by atoms with E-state index in [-0.39, 0.29) is 23.8 Å². The van der Waals surface area contributed by atoms with E-state index >= 15 is 0 Å². The Morgan fingerprint density at radius 3 is 2.27 bits per heavy atom. The number of furan rings is 1. The van der Waals surface area contributed by atoms with Crippen molar-refractivity contribution in [1.29, 1.82) is 0 Å². The predicted molar refractivity (Wildman–Crippen MR) is 166 cm³/mol. The number of rotatable bonds is 14. The first kappa shape index (κ1) is 31.0. The molecule has 9 nitrogen and oxygen atoms in total. The molecule has 2 amide bonds. The minimum absolute atomic E-state index is 0.0358. The molecule has 1 aliphatic heterocycles. The van der Waals surface area contributed by atoms with Gasteiger partial charge in [-0.1, -0.05) is 6.07 Å². The fraction of sp³-hybridized carbons (Fsp3) is 0.657. The van der Waals surface area contributed by atoms with E-state index in [1.807, 2.05) is 40.1 Å². The zero-order valence-corrected chi connectivity index (χ0v) is 26.5. The lowest BCUT2D eigenvalue weighted by molar-refractivity contribution is -0.160. The number of ether oxygens (including phenoxy) is 3. The van der Waals surface area contributed by atoms with Crippen LogP contribution in [0.2, 0.25) is 0 Å². The van der Waals surface area contributed by atoms with Crippen LogP contribution in [0.5, 0.6) is 11.5 Å². The lowest BCUT2D eigenvalue weighted by Crippen LogP contribution is -2.56. The number of morpholine rings is 1. The van der Waals surface area contributed by atoms with Crippen LogP contribution in [0.1, 0.15) is 56.3 Å². The van der Waals surface area contributed by atoms with E-state index in [9.17, 15) is 9.59 Å². The molecule has 7 rings (SSSR count). The van der Waals surface area contributed by atoms with Crippen molar-refractivity contribution in [1.82, 2.24) is 14.7 Å². The summed E-state index contributed by atoms with van der Waals surface area (Å²) in [5, 5.41) is 0. The van der Waals surface area contributed by atoms with Gasteiger partial charge in [0.25, 0.3) is 0 Å². The standard InChI is InChI=1S/C35H49N3O6/c1-41-31-7-6-26(20-32(31)42-2)8-11-37(24-30-5-3-14-44-30)33(39)25-38(10-4-9-36-12-15-43-16-13-36)34(40)35-21-27-17-28(22-35)19-29(18-27)23-35/h3,5-7,14,20,27-29H,4,8-13,15-19,21-25H2,1-2H3. The van der Waals surface area contributed by atoms with Gasteiger partial charge >= 0.3 is 0 Å². The van der Waals surface area contributed by atoms with E-state index in [1.54, 1.807) is 20.5 Å². The first-order chi connectivity index (χ1) is 21.4. The Bertz CT molecular complexity index is 1220. The molecule has 0 radical (unpaired) electrons. The molecule has 9 heteroatoms. The molecule has 0 spiro atoms. The lowest BCUT2D eigenvalue weighted by Gasteiger charge is -2.56. The van der Waals surface area contributed by atoms with Gasteiger partial charge in [0.05, 0.1) is 52.2 Å². The summed E-state index contributed by atoms with van der Waals surface area (Å²) in [5.74, 6) is 4.29. The quantitative estimate of drug-likeness (QED) is 0.310. The maximum atomic E-state index is 14.5. The highest BCUT2D eigenvalue weighted by atomic mass is 16.5. The molecule has 5 aliphatic rings. The average molecular weight is 608 g/mol. The van der Waals surface area contributed by atoms with E-state index in [0.29, 0.717) is 55.3 Å². The van der Waals surface area contributed by atoms with E-state index in [4.69, 9.17) is 18.6 Å². The summed E-state index contributed by atoms with van der Waals surface area (Å²) >= 11 is 0. The highest BCUT2D eigenvalue weighted by Gasteiger charge is 2.55. The van der Waals surface area contributed by atoms with E-state index in [0.717, 1.165) is 69.9 Å². The Balaban J connectivity index is 1.17. The number of hydrogen-bond acceptors (Lipinski definition) is 7. The number of amides is 2. The molecule has 2 aromatic rings. The van der Waals surface area contributed by atoms with Crippen LogP contribution in [-0.2, 0) is 27.3 Å². The largest absolute Gasteiger partial charge is 0.493 e. The fourth-order valence-corrected chi connectivity index (χ4v) is 8.72. The van der Waals surface area contributed by atoms with Gasteiger partial charge in [0.1, 0.15) is 5.76 Å². The van der Waals surface area contributed by atoms with Gasteiger partial charge in [0.15, 0.2) is 11.5 Å². The predicted octanol–water partition coefficient (Wildman–Crippen LogP) is 4.64. The Morgan fingerprint density at radius 2 is 1.64 bits per heavy atom. The summed E-state index contributed by atoms with van der Waals surface area (Å²) in [5.41, 5.74) is 0.770. The van der Waals surface area contributed by atoms with E-state index in [2.05, 4.69) is 4.90 Å². The summed E-state index contributed by atoms with van der Waals surface area (Å²) in [6.45, 7) is 5.87. The second-order valence-corrected chi connectivity index (χ2v) is 13.6. The van der Waals surface area contributed by atoms with Gasteiger partial charge in [-0.2, -0.15) is 0 Å². The molecular weight excluding hydrogens is 558 g/mol. The number of benzene rings is 1. The first-order valence-corrected chi connectivity index (χ1v) is 16.5. The summed E-state index contributed by atoms with van der Waals surface area (Å²) in [6, 6.07) is 9.61. The SMILES string of the molecule is COc1ccc(CCN(Cc2ccco2)C(=O)CN(CCCN2CCOCC2)C(=O)C23CC4CC(CC(C4)C2)C3)cc1OC. The summed E-state index contributed by atoms with van der Waals surface area (Å²) < 4.78 is 22.1. The molecule has 2 heterocycles. The van der Waals surface area contributed by atoms with E-state index < -0.39 is 0 Å². The third-order valence-corrected chi connectivity index (χ3v) is 10.5. The van der Waals surface area contributed by atoms with Crippen LogP contribution in [0.3, 0.4) is 0 Å². The number of carbonyl (C=O) groups is 2. The molecule has 0 unspecified atom stereocenters. The molecule has 1 aromatic carbocycles. The van der Waals surface area contributed by atoms with Gasteiger partial charge in [-0.3, -0.25) is 14.5 Å². The third-order valence-electron chi connectivity index (χ3n) is 10.5. The Hall–Kier alpha value is -3.04. The number of methoxy groups -OCH3 is 2. The highest BCUT2D eigenvalue weighted by molar-refractivity contribution is 5.88. The molecule has 1 aromatic heterocycles. The van der Waals surface area contributed by atoms with Gasteiger partial charge in [0.2, 0.25) is 11.8 Å². The minimum Gasteiger partial charge on any atom is -0.493 e. The Labute approximate surface area is 261 Å². The van der Waals surface area contributed by atoms with Crippen molar-refractivity contribution in [2.45, 2.75) is 57.9 Å². The maximum Gasteiger partial charge on any atom is 0.242 e. The topological polar surface area (TPSA) is 84.7 Å². The molecule has 240 valence electrons. The smallest absolute Gasteiger partial charge is 0.242 e. The van der Waals surface area contributed by atoms with Crippen molar-refractivity contribution < 1.29 is 28.2 Å². The fourth-order valence-electron chi connectivity index (χ4n) is 8.72. The molecule has 1 saturated heterocycles. The van der Waals surface area contributed by atoms with Crippen molar-refractivity contribution in [3.8, 4) is 11.5 Å². The van der Waals surface area contributed by atoms with Crippen LogP contribution < -0.4 is 9.47 Å². The van der Waals surface area contributed by atoms with Crippen molar-refractivity contribution >= 4 is 11.8 Å². The zero-order chi connectivity index (χ0) is 30.5. The number of nitrogens with zero attached hydrogens (tertiary/aromatic N) is 3. The third kappa shape index (κ3) is 7.09. The zero-order valence-electron chi connectivity index (χ0n) is 26.5. The van der Waals surface area contributed by atoms with Crippen molar-refractivity contribution in [2.24, 2.45) is 23.2 Å². The van der Waals surface area contributed by atoms with Gasteiger partial charge in [-0.25, -0.2) is 0 Å². The van der Waals surface area contributed by atoms with Crippen LogP contribution in [0, 0.1) is 23.2 Å². The van der Waals surface area contributed by atoms with Crippen molar-refractivity contribution in [3.05, 3.63) is 47.9 Å². The average Bonchev–Trinajstić information content (AvgIpc) is 3.55. The summed E-state index contributed by atoms with van der Waals surface area (Å²) in [4.78, 5) is 34.9. The molecule has 5 fully saturated rings. The van der Waals surface area contributed by atoms with Crippen LogP contribution in [0.4, 0.5) is 0 Å². The monoisotopic (exact) mass is 607 g/mol. The molecule has 0 atom stereocenters. The first-order valence-electron chi connectivity index (χ1n) is 16.5. The Morgan fingerprint density at radius 1 is 0.932 bits per heavy atom. The summed E-state index contributed by atoms with van der Waals surface area (Å²) in [7, 11) is 3.25. The normalized spacial score (nSPS) is 26.0. The molecule has 4 bridgehead atoms. The number of carbonyl (C=O) groups excluding carboxylic acids is 2. The van der Waals surface area contributed by atoms with Crippen LogP contribution in [0.25, 0.3) is 0 Å². The van der Waals surface area contributed by atoms with Gasteiger partial charge in [0, 0.05) is 32.7 Å². The lowest BCUT2D eigenvalue weighted by atomic mass is 9.49.